The molecule has 2 heterocycles. The summed E-state index contributed by atoms with van der Waals surface area (Å²) in [4.78, 5) is 24.9. The predicted octanol–water partition coefficient (Wildman–Crippen LogP) is 3.36. The van der Waals surface area contributed by atoms with Gasteiger partial charge in [0.25, 0.3) is 0 Å². The zero-order chi connectivity index (χ0) is 24.7. The summed E-state index contributed by atoms with van der Waals surface area (Å²) < 4.78 is 32.6. The highest BCUT2D eigenvalue weighted by Crippen LogP contribution is 2.44. The van der Waals surface area contributed by atoms with Gasteiger partial charge in [-0.15, -0.1) is 0 Å². The van der Waals surface area contributed by atoms with Crippen molar-refractivity contribution in [3.8, 4) is 5.75 Å². The van der Waals surface area contributed by atoms with Crippen LogP contribution in [0.15, 0.2) is 43.0 Å². The zero-order valence-electron chi connectivity index (χ0n) is 19.7. The third kappa shape index (κ3) is 6.75. The van der Waals surface area contributed by atoms with Crippen LogP contribution in [-0.2, 0) is 25.4 Å². The molecular weight excluding hydrogens is 459 g/mol. The van der Waals surface area contributed by atoms with Gasteiger partial charge in [0, 0.05) is 0 Å². The number of fused-ring (bicyclic) bond motifs is 1. The van der Waals surface area contributed by atoms with E-state index >= 15 is 0 Å². The SMILES string of the molecule is CC[C@H](N[P@@](=O)(CO[C@H](C)Cn1cnc2c(N)ncnc21)Oc1ccccc1)C(=O)OC(C)C. The lowest BCUT2D eigenvalue weighted by Crippen LogP contribution is -2.38. The molecule has 11 nitrogen and oxygen atoms in total. The Bertz CT molecular complexity index is 1140. The minimum Gasteiger partial charge on any atom is -0.462 e. The van der Waals surface area contributed by atoms with Gasteiger partial charge >= 0.3 is 13.5 Å². The van der Waals surface area contributed by atoms with Crippen LogP contribution < -0.4 is 15.3 Å². The molecule has 3 atom stereocenters. The molecule has 0 aliphatic carbocycles. The van der Waals surface area contributed by atoms with Crippen molar-refractivity contribution in [2.24, 2.45) is 0 Å². The summed E-state index contributed by atoms with van der Waals surface area (Å²) >= 11 is 0. The van der Waals surface area contributed by atoms with Gasteiger partial charge in [-0.3, -0.25) is 9.36 Å². The fourth-order valence-electron chi connectivity index (χ4n) is 3.19. The number of nitrogens with two attached hydrogens (primary N) is 1. The van der Waals surface area contributed by atoms with E-state index in [0.29, 0.717) is 35.7 Å². The van der Waals surface area contributed by atoms with Crippen molar-refractivity contribution in [3.63, 3.8) is 0 Å². The van der Waals surface area contributed by atoms with Gasteiger partial charge in [-0.25, -0.2) is 20.0 Å². The number of ether oxygens (including phenoxy) is 2. The Morgan fingerprint density at radius 1 is 1.18 bits per heavy atom. The van der Waals surface area contributed by atoms with Crippen molar-refractivity contribution in [2.75, 3.05) is 12.1 Å². The Balaban J connectivity index is 1.72. The van der Waals surface area contributed by atoms with Crippen LogP contribution in [0.4, 0.5) is 5.82 Å². The third-order valence-electron chi connectivity index (χ3n) is 4.81. The van der Waals surface area contributed by atoms with E-state index in [1.165, 1.54) is 6.33 Å². The Hall–Kier alpha value is -3.01. The molecule has 12 heteroatoms. The Morgan fingerprint density at radius 2 is 1.91 bits per heavy atom. The number of imidazole rings is 1. The first-order valence-electron chi connectivity index (χ1n) is 11.1. The first-order chi connectivity index (χ1) is 16.2. The third-order valence-corrected chi connectivity index (χ3v) is 6.51. The van der Waals surface area contributed by atoms with E-state index in [1.807, 2.05) is 13.0 Å². The number of hydrogen-bond acceptors (Lipinski definition) is 9. The smallest absolute Gasteiger partial charge is 0.342 e. The number of nitrogen functional groups attached to an aromatic ring is 1. The number of carbonyl (C=O) groups is 1. The number of benzene rings is 1. The lowest BCUT2D eigenvalue weighted by Gasteiger charge is -2.26. The molecule has 2 aromatic heterocycles. The van der Waals surface area contributed by atoms with E-state index in [4.69, 9.17) is 19.7 Å². The van der Waals surface area contributed by atoms with E-state index in [1.54, 1.807) is 55.9 Å². The summed E-state index contributed by atoms with van der Waals surface area (Å²) in [5, 5.41) is 2.86. The lowest BCUT2D eigenvalue weighted by molar-refractivity contribution is -0.149. The molecule has 0 aliphatic rings. The summed E-state index contributed by atoms with van der Waals surface area (Å²) in [6.07, 6.45) is 2.39. The molecule has 1 aromatic carbocycles. The van der Waals surface area contributed by atoms with Gasteiger partial charge in [0.05, 0.1) is 25.1 Å². The van der Waals surface area contributed by atoms with E-state index in [2.05, 4.69) is 20.0 Å². The fourth-order valence-corrected chi connectivity index (χ4v) is 5.05. The van der Waals surface area contributed by atoms with Crippen LogP contribution in [0, 0.1) is 0 Å². The molecular formula is C22H31N6O5P. The molecule has 0 aliphatic heterocycles. The number of esters is 1. The highest BCUT2D eigenvalue weighted by molar-refractivity contribution is 7.57. The summed E-state index contributed by atoms with van der Waals surface area (Å²) in [5.74, 6) is 0.195. The minimum atomic E-state index is -3.65. The van der Waals surface area contributed by atoms with Crippen molar-refractivity contribution < 1.29 is 23.4 Å². The van der Waals surface area contributed by atoms with Crippen molar-refractivity contribution in [3.05, 3.63) is 43.0 Å². The molecule has 184 valence electrons. The number of anilines is 1. The molecule has 0 spiro atoms. The maximum Gasteiger partial charge on any atom is 0.342 e. The molecule has 0 amide bonds. The average molecular weight is 491 g/mol. The number of nitrogens with one attached hydrogen (secondary N) is 1. The number of carbonyl (C=O) groups excluding carboxylic acids is 1. The van der Waals surface area contributed by atoms with Crippen molar-refractivity contribution >= 4 is 30.5 Å². The topological polar surface area (TPSA) is 143 Å². The summed E-state index contributed by atoms with van der Waals surface area (Å²) in [5.41, 5.74) is 6.93. The zero-order valence-corrected chi connectivity index (χ0v) is 20.6. The summed E-state index contributed by atoms with van der Waals surface area (Å²) in [6.45, 7) is 7.52. The lowest BCUT2D eigenvalue weighted by atomic mass is 10.2. The second kappa shape index (κ2) is 11.4. The maximum absolute atomic E-state index is 13.8. The van der Waals surface area contributed by atoms with Gasteiger partial charge in [-0.05, 0) is 39.3 Å². The molecule has 3 aromatic rings. The van der Waals surface area contributed by atoms with Crippen LogP contribution in [0.25, 0.3) is 11.2 Å². The molecule has 34 heavy (non-hydrogen) atoms. The van der Waals surface area contributed by atoms with Gasteiger partial charge in [0.2, 0.25) is 0 Å². The van der Waals surface area contributed by atoms with Crippen LogP contribution in [0.1, 0.15) is 34.1 Å². The molecule has 0 fully saturated rings. The molecule has 0 unspecified atom stereocenters. The number of hydrogen-bond donors (Lipinski definition) is 2. The number of para-hydroxylation sites is 1. The van der Waals surface area contributed by atoms with Crippen molar-refractivity contribution in [1.82, 2.24) is 24.6 Å². The fraction of sp³-hybridized carbons (Fsp3) is 0.455. The Labute approximate surface area is 198 Å². The summed E-state index contributed by atoms with van der Waals surface area (Å²) in [6, 6.07) is 7.92. The monoisotopic (exact) mass is 490 g/mol. The Morgan fingerprint density at radius 3 is 2.59 bits per heavy atom. The molecule has 3 N–H and O–H groups in total. The van der Waals surface area contributed by atoms with Gasteiger partial charge in [-0.1, -0.05) is 25.1 Å². The molecule has 3 rings (SSSR count). The summed E-state index contributed by atoms with van der Waals surface area (Å²) in [7, 11) is -3.65. The molecule has 0 saturated heterocycles. The standard InChI is InChI=1S/C22H31N6O5P/c1-5-18(22(29)32-15(2)3)27-34(30,33-17-9-7-6-8-10-17)14-31-16(4)11-28-13-26-19-20(23)24-12-25-21(19)28/h6-10,12-13,15-16,18H,5,11,14H2,1-4H3,(H,27,30)(H2,23,24,25)/t16-,18+,34-/m1/s1. The normalized spacial score (nSPS) is 15.1. The number of rotatable bonds is 12. The van der Waals surface area contributed by atoms with Gasteiger partial charge in [0.15, 0.2) is 11.5 Å². The first kappa shape index (κ1) is 25.6. The van der Waals surface area contributed by atoms with E-state index in [0.717, 1.165) is 0 Å². The van der Waals surface area contributed by atoms with Gasteiger partial charge < -0.3 is 24.3 Å². The quantitative estimate of drug-likeness (QED) is 0.286. The van der Waals surface area contributed by atoms with E-state index in [9.17, 15) is 9.36 Å². The minimum absolute atomic E-state index is 0.266. The van der Waals surface area contributed by atoms with E-state index in [-0.39, 0.29) is 18.6 Å². The first-order valence-corrected chi connectivity index (χ1v) is 12.9. The highest BCUT2D eigenvalue weighted by atomic mass is 31.2. The molecule has 0 saturated carbocycles. The van der Waals surface area contributed by atoms with Gasteiger partial charge in [0.1, 0.15) is 30.0 Å². The van der Waals surface area contributed by atoms with Crippen LogP contribution in [-0.4, -0.2) is 50.1 Å². The van der Waals surface area contributed by atoms with Crippen LogP contribution in [0.2, 0.25) is 0 Å². The second-order valence-electron chi connectivity index (χ2n) is 8.09. The predicted molar refractivity (Wildman–Crippen MR) is 128 cm³/mol. The van der Waals surface area contributed by atoms with E-state index < -0.39 is 19.5 Å². The van der Waals surface area contributed by atoms with Gasteiger partial charge in [-0.2, -0.15) is 0 Å². The van der Waals surface area contributed by atoms with Crippen LogP contribution in [0.5, 0.6) is 5.75 Å². The molecule has 0 radical (unpaired) electrons. The average Bonchev–Trinajstić information content (AvgIpc) is 3.20. The highest BCUT2D eigenvalue weighted by Gasteiger charge is 2.33. The van der Waals surface area contributed by atoms with Crippen molar-refractivity contribution in [1.29, 1.82) is 0 Å². The number of aromatic nitrogens is 4. The van der Waals surface area contributed by atoms with Crippen LogP contribution >= 0.6 is 7.52 Å². The Kier molecular flexibility index (Phi) is 8.60. The van der Waals surface area contributed by atoms with Crippen LogP contribution in [0.3, 0.4) is 0 Å². The maximum atomic E-state index is 13.8. The number of nitrogens with zero attached hydrogens (tertiary/aromatic N) is 4. The second-order valence-corrected chi connectivity index (χ2v) is 10.1. The van der Waals surface area contributed by atoms with Crippen molar-refractivity contribution in [2.45, 2.75) is 58.9 Å². The largest absolute Gasteiger partial charge is 0.462 e. The molecule has 0 bridgehead atoms.